The third-order valence-corrected chi connectivity index (χ3v) is 12.0. The first-order chi connectivity index (χ1) is 35.5. The van der Waals surface area contributed by atoms with Crippen LogP contribution in [0.25, 0.3) is 33.4 Å². The lowest BCUT2D eigenvalue weighted by molar-refractivity contribution is -0.108. The van der Waals surface area contributed by atoms with Crippen LogP contribution in [0.5, 0.6) is 0 Å². The van der Waals surface area contributed by atoms with E-state index in [2.05, 4.69) is 83.5 Å². The number of hydrogen-bond donors (Lipinski definition) is 0. The average molecular weight is 909 g/mol. The Morgan fingerprint density at radius 3 is 0.708 bits per heavy atom. The van der Waals surface area contributed by atoms with Crippen molar-refractivity contribution in [3.8, 4) is 83.2 Å². The van der Waals surface area contributed by atoms with Crippen LogP contribution in [0.2, 0.25) is 0 Å². The van der Waals surface area contributed by atoms with Gasteiger partial charge in [0, 0.05) is 77.9 Å². The van der Waals surface area contributed by atoms with E-state index in [1.165, 1.54) is 11.1 Å². The highest BCUT2D eigenvalue weighted by Crippen LogP contribution is 2.50. The van der Waals surface area contributed by atoms with Gasteiger partial charge in [0.05, 0.1) is 0 Å². The number of terminal acetylenes is 2. The first-order valence-corrected chi connectivity index (χ1v) is 23.4. The molecule has 0 N–H and O–H groups in total. The number of benzene rings is 9. The molecule has 0 saturated carbocycles. The molecule has 0 fully saturated rings. The van der Waals surface area contributed by atoms with E-state index in [0.29, 0.717) is 44.5 Å². The number of ketones is 1. The van der Waals surface area contributed by atoms with E-state index < -0.39 is 0 Å². The van der Waals surface area contributed by atoms with Gasteiger partial charge in [-0.2, -0.15) is 0 Å². The molecule has 0 unspecified atom stereocenters. The molecule has 0 radical (unpaired) electrons. The maximum Gasteiger partial charge on any atom is 0.195 e. The van der Waals surface area contributed by atoms with Gasteiger partial charge in [0.1, 0.15) is 0 Å². The molecule has 72 heavy (non-hydrogen) atoms. The fourth-order valence-corrected chi connectivity index (χ4v) is 8.36. The van der Waals surface area contributed by atoms with E-state index in [1.807, 2.05) is 206 Å². The SMILES string of the molecule is C#Cc1ccc(C2=C(c3cc(C#Cc4ccccc4)cc(C#Cc4ccccc4)c3)C(=O)C(c3cc(C#Cc4ccccc4)cc(C#Cc4ccccc4)c3)=C2c2ccc(C#C)cc2)cc1.c1cc2ccc1-2. The monoisotopic (exact) mass is 908 g/mol. The molecular formula is C71H40O. The van der Waals surface area contributed by atoms with Crippen LogP contribution in [0, 0.1) is 72.1 Å². The van der Waals surface area contributed by atoms with Gasteiger partial charge < -0.3 is 0 Å². The lowest BCUT2D eigenvalue weighted by atomic mass is 9.88. The van der Waals surface area contributed by atoms with Crippen LogP contribution in [0.4, 0.5) is 0 Å². The van der Waals surface area contributed by atoms with E-state index in [1.54, 1.807) is 0 Å². The molecule has 0 saturated heterocycles. The quantitative estimate of drug-likeness (QED) is 0.161. The second-order valence-electron chi connectivity index (χ2n) is 16.9. The normalized spacial score (nSPS) is 11.3. The van der Waals surface area contributed by atoms with Crippen molar-refractivity contribution in [3.63, 3.8) is 0 Å². The van der Waals surface area contributed by atoms with Gasteiger partial charge in [-0.25, -0.2) is 0 Å². The van der Waals surface area contributed by atoms with Gasteiger partial charge in [0.25, 0.3) is 0 Å². The second kappa shape index (κ2) is 21.2. The molecule has 3 aliphatic carbocycles. The largest absolute Gasteiger partial charge is 0.289 e. The number of Topliss-reactive ketones (excluding diaryl/α,β-unsaturated/α-hetero) is 1. The van der Waals surface area contributed by atoms with E-state index in [0.717, 1.165) is 55.7 Å². The minimum absolute atomic E-state index is 0.174. The molecule has 0 aromatic heterocycles. The molecule has 0 heterocycles. The Balaban J connectivity index is 0.000000916. The van der Waals surface area contributed by atoms with Gasteiger partial charge in [-0.1, -0.05) is 181 Å². The molecule has 0 amide bonds. The van der Waals surface area contributed by atoms with Gasteiger partial charge in [-0.3, -0.25) is 4.79 Å². The Morgan fingerprint density at radius 1 is 0.222 bits per heavy atom. The number of fused-ring (bicyclic) bond motifs is 1. The molecule has 8 aromatic carbocycles. The topological polar surface area (TPSA) is 17.1 Å². The zero-order valence-electron chi connectivity index (χ0n) is 39.0. The van der Waals surface area contributed by atoms with Crippen LogP contribution in [-0.4, -0.2) is 5.78 Å². The van der Waals surface area contributed by atoms with Crippen LogP contribution in [0.3, 0.4) is 0 Å². The number of allylic oxidation sites excluding steroid dienone is 4. The van der Waals surface area contributed by atoms with Gasteiger partial charge in [0.15, 0.2) is 5.78 Å². The minimum atomic E-state index is -0.174. The second-order valence-corrected chi connectivity index (χ2v) is 16.9. The summed E-state index contributed by atoms with van der Waals surface area (Å²) >= 11 is 0. The van der Waals surface area contributed by atoms with Crippen molar-refractivity contribution in [2.75, 3.05) is 0 Å². The summed E-state index contributed by atoms with van der Waals surface area (Å²) < 4.78 is 0. The van der Waals surface area contributed by atoms with Crippen molar-refractivity contribution < 1.29 is 4.79 Å². The highest BCUT2D eigenvalue weighted by atomic mass is 16.1. The summed E-state index contributed by atoms with van der Waals surface area (Å²) in [5, 5.41) is 0. The van der Waals surface area contributed by atoms with Crippen LogP contribution >= 0.6 is 0 Å². The first-order valence-electron chi connectivity index (χ1n) is 23.4. The fraction of sp³-hybridized carbons (Fsp3) is 0. The first kappa shape index (κ1) is 45.3. The molecule has 11 rings (SSSR count). The molecular weight excluding hydrogens is 869 g/mol. The zero-order chi connectivity index (χ0) is 49.1. The smallest absolute Gasteiger partial charge is 0.195 e. The average Bonchev–Trinajstić information content (AvgIpc) is 3.75. The van der Waals surface area contributed by atoms with Crippen molar-refractivity contribution in [2.45, 2.75) is 0 Å². The third kappa shape index (κ3) is 10.5. The van der Waals surface area contributed by atoms with E-state index in [9.17, 15) is 0 Å². The molecule has 0 aliphatic heterocycles. The summed E-state index contributed by atoms with van der Waals surface area (Å²) in [5.41, 5.74) is 16.0. The zero-order valence-corrected chi connectivity index (χ0v) is 39.0. The maximum absolute atomic E-state index is 16.0. The standard InChI is InChI=1S/C65H36O.C6H4/c1-3-47-33-37-57(38-34-47)61-62(58-39-35-48(4-2)36-40-58)64(60-45-55(31-27-51-21-13-7-14-22-51)42-56(46-60)32-28-52-23-15-8-16-24-52)65(66)63(61)59-43-53(29-25-49-17-9-5-10-18-49)41-54(44-59)30-26-50-19-11-6-12-20-50;1-2-6-4-3-5(1)6/h1-2,5-24,33-46H;1-4H. The lowest BCUT2D eigenvalue weighted by Crippen LogP contribution is -2.04. The maximum atomic E-state index is 16.0. The Labute approximate surface area is 422 Å². The summed E-state index contributed by atoms with van der Waals surface area (Å²) in [5.74, 6) is 32.1. The van der Waals surface area contributed by atoms with E-state index in [-0.39, 0.29) is 5.78 Å². The van der Waals surface area contributed by atoms with Crippen LogP contribution in [0.15, 0.2) is 231 Å². The van der Waals surface area contributed by atoms with Crippen molar-refractivity contribution in [1.29, 1.82) is 0 Å². The Hall–Kier alpha value is -10.5. The summed E-state index contributed by atoms with van der Waals surface area (Å²) in [6, 6.07) is 75.2. The van der Waals surface area contributed by atoms with E-state index in [4.69, 9.17) is 12.8 Å². The fourth-order valence-electron chi connectivity index (χ4n) is 8.36. The molecule has 3 aliphatic rings. The van der Waals surface area contributed by atoms with Crippen molar-refractivity contribution in [2.24, 2.45) is 0 Å². The summed E-state index contributed by atoms with van der Waals surface area (Å²) in [7, 11) is 0. The van der Waals surface area contributed by atoms with Crippen molar-refractivity contribution >= 4 is 28.1 Å². The molecule has 330 valence electrons. The number of carbonyl (C=O) groups excluding carboxylic acids is 1. The molecule has 8 aromatic rings. The Bertz CT molecular complexity index is 3530. The Morgan fingerprint density at radius 2 is 0.472 bits per heavy atom. The molecule has 0 spiro atoms. The van der Waals surface area contributed by atoms with Crippen LogP contribution in [-0.2, 0) is 4.79 Å². The molecule has 0 atom stereocenters. The van der Waals surface area contributed by atoms with Gasteiger partial charge in [-0.15, -0.1) is 12.8 Å². The predicted octanol–water partition coefficient (Wildman–Crippen LogP) is 14.0. The van der Waals surface area contributed by atoms with Crippen LogP contribution in [0.1, 0.15) is 77.9 Å². The van der Waals surface area contributed by atoms with Crippen molar-refractivity contribution in [1.82, 2.24) is 0 Å². The van der Waals surface area contributed by atoms with Crippen molar-refractivity contribution in [3.05, 3.63) is 308 Å². The summed E-state index contributed by atoms with van der Waals surface area (Å²) in [4.78, 5) is 16.0. The lowest BCUT2D eigenvalue weighted by Gasteiger charge is -2.14. The van der Waals surface area contributed by atoms with Crippen LogP contribution < -0.4 is 0 Å². The number of rotatable bonds is 4. The van der Waals surface area contributed by atoms with E-state index >= 15 is 4.79 Å². The Kier molecular flexibility index (Phi) is 13.3. The highest BCUT2D eigenvalue weighted by Gasteiger charge is 2.36. The van der Waals surface area contributed by atoms with Gasteiger partial charge in [-0.05, 0) is 143 Å². The molecule has 1 heteroatoms. The number of hydrogen-bond acceptors (Lipinski definition) is 1. The highest BCUT2D eigenvalue weighted by molar-refractivity contribution is 6.59. The predicted molar refractivity (Wildman–Crippen MR) is 295 cm³/mol. The minimum Gasteiger partial charge on any atom is -0.289 e. The third-order valence-electron chi connectivity index (χ3n) is 12.0. The molecule has 0 bridgehead atoms. The van der Waals surface area contributed by atoms with Gasteiger partial charge in [0.2, 0.25) is 0 Å². The van der Waals surface area contributed by atoms with Gasteiger partial charge >= 0.3 is 0 Å². The number of carbonyl (C=O) groups is 1. The summed E-state index contributed by atoms with van der Waals surface area (Å²) in [6.07, 6.45) is 11.7. The molecule has 1 nitrogen and oxygen atoms in total. The summed E-state index contributed by atoms with van der Waals surface area (Å²) in [6.45, 7) is 0.